The van der Waals surface area contributed by atoms with Crippen LogP contribution in [0.2, 0.25) is 0 Å². The van der Waals surface area contributed by atoms with Crippen molar-refractivity contribution in [2.75, 3.05) is 0 Å². The van der Waals surface area contributed by atoms with Gasteiger partial charge in [0.2, 0.25) is 0 Å². The van der Waals surface area contributed by atoms with Gasteiger partial charge in [-0.05, 0) is 46.1 Å². The van der Waals surface area contributed by atoms with Crippen molar-refractivity contribution in [1.29, 1.82) is 0 Å². The third-order valence-corrected chi connectivity index (χ3v) is 3.68. The first-order chi connectivity index (χ1) is 8.31. The van der Waals surface area contributed by atoms with Crippen LogP contribution in [0.5, 0.6) is 0 Å². The standard InChI is InChI=1S/C15H22O3/c1-11-5-7-12(8-6-11)15(4)10-9-13(17-18-15)14(2,3)16/h5-8,13,16H,9-10H2,1-4H3/t13-,15+/m0/s1. The molecule has 3 heteroatoms. The molecular weight excluding hydrogens is 228 g/mol. The van der Waals surface area contributed by atoms with Crippen LogP contribution in [0.3, 0.4) is 0 Å². The number of benzene rings is 1. The third kappa shape index (κ3) is 2.74. The molecule has 1 N–H and O–H groups in total. The fourth-order valence-electron chi connectivity index (χ4n) is 2.23. The Labute approximate surface area is 109 Å². The zero-order valence-corrected chi connectivity index (χ0v) is 11.6. The highest BCUT2D eigenvalue weighted by Gasteiger charge is 2.40. The summed E-state index contributed by atoms with van der Waals surface area (Å²) in [6.45, 7) is 7.58. The lowest BCUT2D eigenvalue weighted by Gasteiger charge is -2.40. The molecule has 0 bridgehead atoms. The Kier molecular flexibility index (Phi) is 3.49. The van der Waals surface area contributed by atoms with Gasteiger partial charge in [0.25, 0.3) is 0 Å². The number of rotatable bonds is 2. The van der Waals surface area contributed by atoms with Gasteiger partial charge < -0.3 is 5.11 Å². The molecule has 1 aromatic rings. The summed E-state index contributed by atoms with van der Waals surface area (Å²) < 4.78 is 0. The first kappa shape index (κ1) is 13.5. The Bertz CT molecular complexity index is 395. The second-order valence-electron chi connectivity index (χ2n) is 5.96. The van der Waals surface area contributed by atoms with E-state index >= 15 is 0 Å². The minimum absolute atomic E-state index is 0.268. The Morgan fingerprint density at radius 3 is 2.33 bits per heavy atom. The fraction of sp³-hybridized carbons (Fsp3) is 0.600. The van der Waals surface area contributed by atoms with Crippen molar-refractivity contribution in [3.63, 3.8) is 0 Å². The maximum Gasteiger partial charge on any atom is 0.126 e. The van der Waals surface area contributed by atoms with Gasteiger partial charge in [0.15, 0.2) is 0 Å². The molecule has 0 unspecified atom stereocenters. The molecule has 1 aliphatic heterocycles. The van der Waals surface area contributed by atoms with E-state index in [-0.39, 0.29) is 6.10 Å². The molecule has 1 aliphatic rings. The topological polar surface area (TPSA) is 38.7 Å². The van der Waals surface area contributed by atoms with Crippen molar-refractivity contribution in [2.45, 2.75) is 57.8 Å². The summed E-state index contributed by atoms with van der Waals surface area (Å²) in [5, 5.41) is 9.91. The molecular formula is C15H22O3. The zero-order valence-electron chi connectivity index (χ0n) is 11.6. The largest absolute Gasteiger partial charge is 0.388 e. The molecule has 18 heavy (non-hydrogen) atoms. The summed E-state index contributed by atoms with van der Waals surface area (Å²) in [6.07, 6.45) is 1.36. The Morgan fingerprint density at radius 1 is 1.28 bits per heavy atom. The van der Waals surface area contributed by atoms with Gasteiger partial charge in [-0.2, -0.15) is 0 Å². The summed E-state index contributed by atoms with van der Waals surface area (Å²) in [6, 6.07) is 8.30. The molecule has 3 nitrogen and oxygen atoms in total. The first-order valence-corrected chi connectivity index (χ1v) is 6.45. The Balaban J connectivity index is 2.10. The summed E-state index contributed by atoms with van der Waals surface area (Å²) in [7, 11) is 0. The molecule has 2 rings (SSSR count). The molecule has 0 spiro atoms. The van der Waals surface area contributed by atoms with Gasteiger partial charge in [0.05, 0.1) is 5.60 Å². The molecule has 1 saturated heterocycles. The monoisotopic (exact) mass is 250 g/mol. The van der Waals surface area contributed by atoms with E-state index in [0.717, 1.165) is 18.4 Å². The quantitative estimate of drug-likeness (QED) is 0.820. The summed E-state index contributed by atoms with van der Waals surface area (Å²) in [5.41, 5.74) is 1.06. The number of hydrogen-bond donors (Lipinski definition) is 1. The third-order valence-electron chi connectivity index (χ3n) is 3.68. The van der Waals surface area contributed by atoms with Crippen LogP contribution in [0.15, 0.2) is 24.3 Å². The van der Waals surface area contributed by atoms with Crippen LogP contribution in [0.1, 0.15) is 44.7 Å². The van der Waals surface area contributed by atoms with E-state index in [4.69, 9.17) is 9.78 Å². The highest BCUT2D eigenvalue weighted by molar-refractivity contribution is 5.26. The van der Waals surface area contributed by atoms with Gasteiger partial charge in [-0.15, -0.1) is 0 Å². The normalized spacial score (nSPS) is 29.3. The van der Waals surface area contributed by atoms with Crippen molar-refractivity contribution in [2.24, 2.45) is 0 Å². The molecule has 0 aliphatic carbocycles. The molecule has 1 heterocycles. The van der Waals surface area contributed by atoms with E-state index in [1.165, 1.54) is 5.56 Å². The second kappa shape index (κ2) is 4.65. The van der Waals surface area contributed by atoms with E-state index < -0.39 is 11.2 Å². The molecule has 0 radical (unpaired) electrons. The predicted molar refractivity (Wildman–Crippen MR) is 70.0 cm³/mol. The molecule has 1 aromatic carbocycles. The van der Waals surface area contributed by atoms with Crippen LogP contribution in [0, 0.1) is 6.92 Å². The van der Waals surface area contributed by atoms with Gasteiger partial charge >= 0.3 is 0 Å². The highest BCUT2D eigenvalue weighted by Crippen LogP contribution is 2.38. The summed E-state index contributed by atoms with van der Waals surface area (Å²) in [5.74, 6) is 0. The Morgan fingerprint density at radius 2 is 1.89 bits per heavy atom. The van der Waals surface area contributed by atoms with Crippen molar-refractivity contribution >= 4 is 0 Å². The van der Waals surface area contributed by atoms with E-state index in [0.29, 0.717) is 0 Å². The first-order valence-electron chi connectivity index (χ1n) is 6.45. The smallest absolute Gasteiger partial charge is 0.126 e. The average Bonchev–Trinajstić information content (AvgIpc) is 2.29. The van der Waals surface area contributed by atoms with E-state index in [9.17, 15) is 5.11 Å². The zero-order chi connectivity index (χ0) is 13.4. The lowest BCUT2D eigenvalue weighted by Crippen LogP contribution is -2.45. The minimum Gasteiger partial charge on any atom is -0.388 e. The SMILES string of the molecule is Cc1ccc([C@@]2(C)CC[C@@H](C(C)(C)O)OO2)cc1. The highest BCUT2D eigenvalue weighted by atomic mass is 17.2. The molecule has 0 amide bonds. The van der Waals surface area contributed by atoms with E-state index in [2.05, 4.69) is 31.2 Å². The van der Waals surface area contributed by atoms with Gasteiger partial charge in [0.1, 0.15) is 11.7 Å². The van der Waals surface area contributed by atoms with Crippen molar-refractivity contribution < 1.29 is 14.9 Å². The van der Waals surface area contributed by atoms with Gasteiger partial charge in [-0.25, -0.2) is 9.78 Å². The lowest BCUT2D eigenvalue weighted by atomic mass is 9.86. The molecule has 0 saturated carbocycles. The van der Waals surface area contributed by atoms with Gasteiger partial charge in [-0.3, -0.25) is 0 Å². The molecule has 0 aromatic heterocycles. The number of hydrogen-bond acceptors (Lipinski definition) is 3. The second-order valence-corrected chi connectivity index (χ2v) is 5.96. The Hall–Kier alpha value is -0.900. The number of aliphatic hydroxyl groups is 1. The van der Waals surface area contributed by atoms with Crippen LogP contribution in [0.25, 0.3) is 0 Å². The predicted octanol–water partition coefficient (Wildman–Crippen LogP) is 3.09. The fourth-order valence-corrected chi connectivity index (χ4v) is 2.23. The van der Waals surface area contributed by atoms with Crippen LogP contribution in [0.4, 0.5) is 0 Å². The van der Waals surface area contributed by atoms with Crippen molar-refractivity contribution in [3.8, 4) is 0 Å². The summed E-state index contributed by atoms with van der Waals surface area (Å²) >= 11 is 0. The van der Waals surface area contributed by atoms with Crippen molar-refractivity contribution in [1.82, 2.24) is 0 Å². The molecule has 2 atom stereocenters. The van der Waals surface area contributed by atoms with Crippen LogP contribution in [-0.4, -0.2) is 16.8 Å². The van der Waals surface area contributed by atoms with E-state index in [1.54, 1.807) is 13.8 Å². The maximum atomic E-state index is 9.91. The van der Waals surface area contributed by atoms with Crippen molar-refractivity contribution in [3.05, 3.63) is 35.4 Å². The molecule has 100 valence electrons. The average molecular weight is 250 g/mol. The van der Waals surface area contributed by atoms with Gasteiger partial charge in [0, 0.05) is 0 Å². The van der Waals surface area contributed by atoms with Crippen LogP contribution in [-0.2, 0) is 15.4 Å². The maximum absolute atomic E-state index is 9.91. The number of aryl methyl sites for hydroxylation is 1. The molecule has 1 fully saturated rings. The van der Waals surface area contributed by atoms with Crippen LogP contribution < -0.4 is 0 Å². The summed E-state index contributed by atoms with van der Waals surface area (Å²) in [4.78, 5) is 11.0. The lowest BCUT2D eigenvalue weighted by molar-refractivity contribution is -0.427. The van der Waals surface area contributed by atoms with E-state index in [1.807, 2.05) is 6.92 Å². The van der Waals surface area contributed by atoms with Crippen LogP contribution >= 0.6 is 0 Å². The minimum atomic E-state index is -0.866. The van der Waals surface area contributed by atoms with Gasteiger partial charge in [-0.1, -0.05) is 29.8 Å².